The molecule has 0 aliphatic heterocycles. The molecule has 0 heterocycles. The number of carbonyl (C=O) groups excluding carboxylic acids is 1. The van der Waals surface area contributed by atoms with E-state index in [2.05, 4.69) is 20.8 Å². The summed E-state index contributed by atoms with van der Waals surface area (Å²) in [5.41, 5.74) is 0. The number of carbonyl (C=O) groups is 1. The highest BCUT2D eigenvalue weighted by Crippen LogP contribution is 2.00. The Morgan fingerprint density at radius 1 is 0.818 bits per heavy atom. The lowest BCUT2D eigenvalue weighted by Gasteiger charge is -2.08. The van der Waals surface area contributed by atoms with Crippen molar-refractivity contribution in [2.45, 2.75) is 99.5 Å². The summed E-state index contributed by atoms with van der Waals surface area (Å²) in [6.07, 6.45) is 9.44. The molecule has 0 aliphatic rings. The smallest absolute Gasteiger partial charge is 0.308 e. The van der Waals surface area contributed by atoms with E-state index in [0.29, 0.717) is 0 Å². The lowest BCUT2D eigenvalue weighted by Crippen LogP contribution is -2.16. The van der Waals surface area contributed by atoms with E-state index in [4.69, 9.17) is 9.47 Å². The average Bonchev–Trinajstić information content (AvgIpc) is 2.46. The third-order valence-corrected chi connectivity index (χ3v) is 2.73. The molecule has 0 rings (SSSR count). The van der Waals surface area contributed by atoms with Crippen molar-refractivity contribution < 1.29 is 14.3 Å². The van der Waals surface area contributed by atoms with Gasteiger partial charge < -0.3 is 9.47 Å². The second-order valence-electron chi connectivity index (χ2n) is 6.05. The van der Waals surface area contributed by atoms with E-state index < -0.39 is 0 Å². The number of hydrogen-bond acceptors (Lipinski definition) is 3. The van der Waals surface area contributed by atoms with Gasteiger partial charge in [0.25, 0.3) is 0 Å². The van der Waals surface area contributed by atoms with Crippen molar-refractivity contribution in [1.82, 2.24) is 0 Å². The standard InChI is InChI=1S/C7H14O2.C7H16.C5H12O/c1-5(2)7(8)9-6(3)4;1-3-5-7-6-4-2;1-3-4-5-6-2/h5-6H,1-4H3;3-7H2,1-2H3;3-5H2,1-2H3. The topological polar surface area (TPSA) is 35.5 Å². The van der Waals surface area contributed by atoms with Gasteiger partial charge in [-0.15, -0.1) is 0 Å². The summed E-state index contributed by atoms with van der Waals surface area (Å²) in [5.74, 6) is -0.127. The van der Waals surface area contributed by atoms with Crippen LogP contribution in [0.15, 0.2) is 0 Å². The summed E-state index contributed by atoms with van der Waals surface area (Å²) in [6.45, 7) is 14.9. The predicted octanol–water partition coefficient (Wildman–Crippen LogP) is 6.00. The number of ether oxygens (including phenoxy) is 2. The Morgan fingerprint density at radius 2 is 1.27 bits per heavy atom. The second kappa shape index (κ2) is 22.7. The zero-order valence-corrected chi connectivity index (χ0v) is 16.5. The van der Waals surface area contributed by atoms with Crippen molar-refractivity contribution in [3.8, 4) is 0 Å². The summed E-state index contributed by atoms with van der Waals surface area (Å²) >= 11 is 0. The zero-order chi connectivity index (χ0) is 17.8. The third kappa shape index (κ3) is 31.7. The van der Waals surface area contributed by atoms with E-state index in [9.17, 15) is 4.79 Å². The molecule has 0 fully saturated rings. The number of methoxy groups -OCH3 is 1. The van der Waals surface area contributed by atoms with Crippen LogP contribution in [0.1, 0.15) is 93.4 Å². The summed E-state index contributed by atoms with van der Waals surface area (Å²) in [4.78, 5) is 10.7. The van der Waals surface area contributed by atoms with Gasteiger partial charge in [-0.25, -0.2) is 0 Å². The molecule has 0 atom stereocenters. The van der Waals surface area contributed by atoms with Gasteiger partial charge in [0, 0.05) is 13.7 Å². The Bertz CT molecular complexity index is 193. The molecule has 136 valence electrons. The fraction of sp³-hybridized carbons (Fsp3) is 0.947. The minimum Gasteiger partial charge on any atom is -0.463 e. The number of rotatable bonds is 9. The molecule has 0 spiro atoms. The van der Waals surface area contributed by atoms with Gasteiger partial charge >= 0.3 is 5.97 Å². The van der Waals surface area contributed by atoms with E-state index in [-0.39, 0.29) is 18.0 Å². The molecule has 0 amide bonds. The maximum Gasteiger partial charge on any atom is 0.308 e. The minimum absolute atomic E-state index is 0.00704. The highest BCUT2D eigenvalue weighted by atomic mass is 16.5. The Balaban J connectivity index is -0.000000252. The van der Waals surface area contributed by atoms with Crippen LogP contribution in [0.4, 0.5) is 0 Å². The summed E-state index contributed by atoms with van der Waals surface area (Å²) in [6, 6.07) is 0. The van der Waals surface area contributed by atoms with Crippen molar-refractivity contribution in [3.05, 3.63) is 0 Å². The largest absolute Gasteiger partial charge is 0.463 e. The Labute approximate surface area is 140 Å². The number of esters is 1. The van der Waals surface area contributed by atoms with E-state index in [0.717, 1.165) is 6.61 Å². The first kappa shape index (κ1) is 26.3. The van der Waals surface area contributed by atoms with E-state index in [1.165, 1.54) is 44.9 Å². The van der Waals surface area contributed by atoms with Crippen LogP contribution in [0.25, 0.3) is 0 Å². The summed E-state index contributed by atoms with van der Waals surface area (Å²) in [7, 11) is 1.73. The maximum absolute atomic E-state index is 10.7. The Morgan fingerprint density at radius 3 is 1.45 bits per heavy atom. The molecule has 0 aromatic heterocycles. The minimum atomic E-state index is -0.120. The Kier molecular flexibility index (Phi) is 27.2. The van der Waals surface area contributed by atoms with Crippen molar-refractivity contribution in [1.29, 1.82) is 0 Å². The molecule has 0 saturated carbocycles. The molecule has 0 aromatic carbocycles. The average molecular weight is 319 g/mol. The third-order valence-electron chi connectivity index (χ3n) is 2.73. The quantitative estimate of drug-likeness (QED) is 0.386. The van der Waals surface area contributed by atoms with Gasteiger partial charge in [0.05, 0.1) is 12.0 Å². The van der Waals surface area contributed by atoms with Crippen LogP contribution in [-0.2, 0) is 14.3 Å². The van der Waals surface area contributed by atoms with Crippen LogP contribution in [0.3, 0.4) is 0 Å². The van der Waals surface area contributed by atoms with E-state index >= 15 is 0 Å². The van der Waals surface area contributed by atoms with Gasteiger partial charge in [-0.05, 0) is 20.3 Å². The normalized spacial score (nSPS) is 9.73. The summed E-state index contributed by atoms with van der Waals surface area (Å²) in [5, 5.41) is 0. The fourth-order valence-electron chi connectivity index (χ4n) is 1.33. The summed E-state index contributed by atoms with van der Waals surface area (Å²) < 4.78 is 9.65. The highest BCUT2D eigenvalue weighted by Gasteiger charge is 2.08. The first-order valence-electron chi connectivity index (χ1n) is 9.06. The van der Waals surface area contributed by atoms with Crippen LogP contribution in [-0.4, -0.2) is 25.8 Å². The molecule has 3 nitrogen and oxygen atoms in total. The van der Waals surface area contributed by atoms with E-state index in [1.54, 1.807) is 7.11 Å². The lowest BCUT2D eigenvalue weighted by atomic mass is 10.2. The van der Waals surface area contributed by atoms with Crippen LogP contribution in [0, 0.1) is 5.92 Å². The van der Waals surface area contributed by atoms with Gasteiger partial charge in [0.2, 0.25) is 0 Å². The maximum atomic E-state index is 10.7. The molecule has 0 aliphatic carbocycles. The molecule has 0 N–H and O–H groups in total. The van der Waals surface area contributed by atoms with Crippen molar-refractivity contribution in [2.24, 2.45) is 5.92 Å². The van der Waals surface area contributed by atoms with E-state index in [1.807, 2.05) is 27.7 Å². The molecular formula is C19H42O3. The highest BCUT2D eigenvalue weighted by molar-refractivity contribution is 5.71. The first-order valence-corrected chi connectivity index (χ1v) is 9.06. The number of hydrogen-bond donors (Lipinski definition) is 0. The van der Waals surface area contributed by atoms with Crippen molar-refractivity contribution in [2.75, 3.05) is 13.7 Å². The zero-order valence-electron chi connectivity index (χ0n) is 16.5. The molecule has 0 saturated heterocycles. The molecule has 3 heteroatoms. The van der Waals surface area contributed by atoms with Gasteiger partial charge in [-0.3, -0.25) is 4.79 Å². The van der Waals surface area contributed by atoms with Gasteiger partial charge in [0.1, 0.15) is 0 Å². The molecule has 22 heavy (non-hydrogen) atoms. The van der Waals surface area contributed by atoms with Crippen LogP contribution in [0.2, 0.25) is 0 Å². The molecule has 0 aromatic rings. The monoisotopic (exact) mass is 318 g/mol. The van der Waals surface area contributed by atoms with Crippen molar-refractivity contribution >= 4 is 5.97 Å². The second-order valence-corrected chi connectivity index (χ2v) is 6.05. The lowest BCUT2D eigenvalue weighted by molar-refractivity contribution is -0.151. The molecule has 0 unspecified atom stereocenters. The SMILES string of the molecule is CC(C)OC(=O)C(C)C.CCCCCCC.CCCCOC. The molecule has 0 bridgehead atoms. The van der Waals surface area contributed by atoms with Gasteiger partial charge in [-0.2, -0.15) is 0 Å². The Hall–Kier alpha value is -0.570. The molecular weight excluding hydrogens is 276 g/mol. The van der Waals surface area contributed by atoms with Crippen molar-refractivity contribution in [3.63, 3.8) is 0 Å². The van der Waals surface area contributed by atoms with Gasteiger partial charge in [-0.1, -0.05) is 73.1 Å². The number of unbranched alkanes of at least 4 members (excludes halogenated alkanes) is 5. The van der Waals surface area contributed by atoms with Crippen LogP contribution >= 0.6 is 0 Å². The first-order chi connectivity index (χ1) is 10.4. The van der Waals surface area contributed by atoms with Crippen LogP contribution < -0.4 is 0 Å². The van der Waals surface area contributed by atoms with Gasteiger partial charge in [0.15, 0.2) is 0 Å². The molecule has 0 radical (unpaired) electrons. The van der Waals surface area contributed by atoms with Crippen LogP contribution in [0.5, 0.6) is 0 Å². The predicted molar refractivity (Wildman–Crippen MR) is 97.3 cm³/mol. The fourth-order valence-corrected chi connectivity index (χ4v) is 1.33.